The van der Waals surface area contributed by atoms with E-state index in [1.54, 1.807) is 12.1 Å². The molecule has 0 aliphatic carbocycles. The van der Waals surface area contributed by atoms with Gasteiger partial charge in [-0.15, -0.1) is 0 Å². The number of aromatic carboxylic acids is 1. The highest BCUT2D eigenvalue weighted by molar-refractivity contribution is 5.97. The van der Waals surface area contributed by atoms with Gasteiger partial charge in [0.25, 0.3) is 5.91 Å². The highest BCUT2D eigenvalue weighted by Crippen LogP contribution is 2.20. The van der Waals surface area contributed by atoms with Gasteiger partial charge in [-0.05, 0) is 42.5 Å². The zero-order chi connectivity index (χ0) is 18.4. The number of carbonyl (C=O) groups excluding carboxylic acids is 1. The number of carboxylic acid groups (broad SMARTS) is 1. The Morgan fingerprint density at radius 2 is 1.69 bits per heavy atom. The van der Waals surface area contributed by atoms with Crippen molar-refractivity contribution < 1.29 is 19.4 Å². The molecule has 1 N–H and O–H groups in total. The molecule has 5 heteroatoms. The Bertz CT molecular complexity index is 754. The number of ether oxygens (including phenoxy) is 1. The molecule has 1 amide bonds. The van der Waals surface area contributed by atoms with Crippen LogP contribution in [-0.4, -0.2) is 41.6 Å². The van der Waals surface area contributed by atoms with E-state index in [0.29, 0.717) is 24.6 Å². The number of carbonyl (C=O) groups is 2. The molecule has 26 heavy (non-hydrogen) atoms. The van der Waals surface area contributed by atoms with Crippen LogP contribution in [0.5, 0.6) is 0 Å². The third-order valence-electron chi connectivity index (χ3n) is 4.68. The van der Waals surface area contributed by atoms with Crippen molar-refractivity contribution in [3.05, 3.63) is 71.3 Å². The smallest absolute Gasteiger partial charge is 0.335 e. The first-order valence-electron chi connectivity index (χ1n) is 8.88. The number of nitrogens with zero attached hydrogens (tertiary/aromatic N) is 1. The molecule has 0 aromatic heterocycles. The van der Waals surface area contributed by atoms with E-state index in [2.05, 4.69) is 0 Å². The number of rotatable bonds is 6. The lowest BCUT2D eigenvalue weighted by Gasteiger charge is -2.30. The first-order chi connectivity index (χ1) is 12.6. The van der Waals surface area contributed by atoms with Gasteiger partial charge >= 0.3 is 5.97 Å². The summed E-state index contributed by atoms with van der Waals surface area (Å²) in [6.45, 7) is 2.61. The van der Waals surface area contributed by atoms with Gasteiger partial charge in [0.2, 0.25) is 0 Å². The van der Waals surface area contributed by atoms with Gasteiger partial charge < -0.3 is 14.7 Å². The molecule has 0 spiro atoms. The van der Waals surface area contributed by atoms with Crippen molar-refractivity contribution in [2.75, 3.05) is 19.8 Å². The summed E-state index contributed by atoms with van der Waals surface area (Å²) < 4.78 is 5.42. The normalized spacial score (nSPS) is 14.8. The monoisotopic (exact) mass is 353 g/mol. The maximum absolute atomic E-state index is 13.1. The Labute approximate surface area is 153 Å². The Balaban J connectivity index is 1.82. The largest absolute Gasteiger partial charge is 0.478 e. The number of carboxylic acids is 1. The lowest BCUT2D eigenvalue weighted by molar-refractivity contribution is 0.0446. The van der Waals surface area contributed by atoms with Crippen LogP contribution in [0.4, 0.5) is 0 Å². The van der Waals surface area contributed by atoms with Crippen molar-refractivity contribution in [1.82, 2.24) is 4.90 Å². The van der Waals surface area contributed by atoms with Crippen molar-refractivity contribution >= 4 is 11.9 Å². The molecule has 0 saturated carbocycles. The Kier molecular flexibility index (Phi) is 6.02. The van der Waals surface area contributed by atoms with Crippen molar-refractivity contribution in [2.45, 2.75) is 19.4 Å². The zero-order valence-corrected chi connectivity index (χ0v) is 14.6. The minimum atomic E-state index is -1.03. The Morgan fingerprint density at radius 1 is 1.00 bits per heavy atom. The fourth-order valence-electron chi connectivity index (χ4n) is 3.23. The highest BCUT2D eigenvalue weighted by Gasteiger charge is 2.23. The van der Waals surface area contributed by atoms with Gasteiger partial charge in [0.15, 0.2) is 0 Å². The fraction of sp³-hybridized carbons (Fsp3) is 0.333. The average Bonchev–Trinajstić information content (AvgIpc) is 2.68. The predicted molar refractivity (Wildman–Crippen MR) is 98.1 cm³/mol. The second-order valence-electron chi connectivity index (χ2n) is 6.61. The van der Waals surface area contributed by atoms with Gasteiger partial charge in [0, 0.05) is 31.9 Å². The molecule has 0 radical (unpaired) electrons. The van der Waals surface area contributed by atoms with Gasteiger partial charge in [-0.3, -0.25) is 4.79 Å². The van der Waals surface area contributed by atoms with Gasteiger partial charge in [-0.2, -0.15) is 0 Å². The van der Waals surface area contributed by atoms with Crippen molar-refractivity contribution in [1.29, 1.82) is 0 Å². The lowest BCUT2D eigenvalue weighted by atomic mass is 9.98. The molecule has 1 aliphatic rings. The summed E-state index contributed by atoms with van der Waals surface area (Å²) in [6, 6.07) is 16.1. The molecule has 0 atom stereocenters. The molecule has 1 fully saturated rings. The molecular formula is C21H23NO4. The lowest BCUT2D eigenvalue weighted by Crippen LogP contribution is -2.36. The molecule has 1 saturated heterocycles. The molecule has 0 unspecified atom stereocenters. The minimum absolute atomic E-state index is 0.126. The van der Waals surface area contributed by atoms with Gasteiger partial charge in [0.1, 0.15) is 0 Å². The van der Waals surface area contributed by atoms with Gasteiger partial charge in [-0.25, -0.2) is 4.79 Å². The van der Waals surface area contributed by atoms with Crippen molar-refractivity contribution in [3.63, 3.8) is 0 Å². The summed E-state index contributed by atoms with van der Waals surface area (Å²) in [5, 5.41) is 9.19. The van der Waals surface area contributed by atoms with E-state index in [1.165, 1.54) is 12.1 Å². The number of amides is 1. The molecular weight excluding hydrogens is 330 g/mol. The molecule has 2 aromatic rings. The molecule has 5 nitrogen and oxygen atoms in total. The van der Waals surface area contributed by atoms with Crippen LogP contribution in [0.25, 0.3) is 0 Å². The standard InChI is InChI=1S/C21H23NO4/c23-20(18-7-4-8-19(13-18)21(24)25)22(14-16-5-2-1-3-6-16)15-17-9-11-26-12-10-17/h1-8,13,17H,9-12,14-15H2,(H,24,25). The quantitative estimate of drug-likeness (QED) is 0.864. The summed E-state index contributed by atoms with van der Waals surface area (Å²) >= 11 is 0. The number of hydrogen-bond donors (Lipinski definition) is 1. The third-order valence-corrected chi connectivity index (χ3v) is 4.68. The van der Waals surface area contributed by atoms with Crippen LogP contribution in [0.2, 0.25) is 0 Å². The van der Waals surface area contributed by atoms with E-state index in [1.807, 2.05) is 35.2 Å². The van der Waals surface area contributed by atoms with Crippen LogP contribution < -0.4 is 0 Å². The summed E-state index contributed by atoms with van der Waals surface area (Å²) in [6.07, 6.45) is 1.88. The van der Waals surface area contributed by atoms with E-state index in [0.717, 1.165) is 31.6 Å². The van der Waals surface area contributed by atoms with Crippen LogP contribution in [0.15, 0.2) is 54.6 Å². The second kappa shape index (κ2) is 8.63. The van der Waals surface area contributed by atoms with Crippen LogP contribution in [0.1, 0.15) is 39.1 Å². The van der Waals surface area contributed by atoms with Crippen molar-refractivity contribution in [2.24, 2.45) is 5.92 Å². The highest BCUT2D eigenvalue weighted by atomic mass is 16.5. The Hall–Kier alpha value is -2.66. The average molecular weight is 353 g/mol. The summed E-state index contributed by atoms with van der Waals surface area (Å²) in [5.41, 5.74) is 1.59. The van der Waals surface area contributed by atoms with Crippen LogP contribution in [-0.2, 0) is 11.3 Å². The van der Waals surface area contributed by atoms with E-state index in [-0.39, 0.29) is 11.5 Å². The SMILES string of the molecule is O=C(O)c1cccc(C(=O)N(Cc2ccccc2)CC2CCOCC2)c1. The van der Waals surface area contributed by atoms with E-state index < -0.39 is 5.97 Å². The van der Waals surface area contributed by atoms with Gasteiger partial charge in [-0.1, -0.05) is 36.4 Å². The third kappa shape index (κ3) is 4.70. The van der Waals surface area contributed by atoms with E-state index in [9.17, 15) is 14.7 Å². The minimum Gasteiger partial charge on any atom is -0.478 e. The van der Waals surface area contributed by atoms with E-state index in [4.69, 9.17) is 4.74 Å². The number of benzene rings is 2. The van der Waals surface area contributed by atoms with Crippen molar-refractivity contribution in [3.8, 4) is 0 Å². The summed E-state index contributed by atoms with van der Waals surface area (Å²) in [4.78, 5) is 26.1. The number of hydrogen-bond acceptors (Lipinski definition) is 3. The molecule has 1 aliphatic heterocycles. The topological polar surface area (TPSA) is 66.8 Å². The molecule has 2 aromatic carbocycles. The Morgan fingerprint density at radius 3 is 2.38 bits per heavy atom. The summed E-state index contributed by atoms with van der Waals surface area (Å²) in [7, 11) is 0. The fourth-order valence-corrected chi connectivity index (χ4v) is 3.23. The first kappa shape index (κ1) is 18.1. The van der Waals surface area contributed by atoms with Crippen LogP contribution in [0.3, 0.4) is 0 Å². The van der Waals surface area contributed by atoms with Crippen LogP contribution >= 0.6 is 0 Å². The van der Waals surface area contributed by atoms with Gasteiger partial charge in [0.05, 0.1) is 5.56 Å². The second-order valence-corrected chi connectivity index (χ2v) is 6.61. The maximum Gasteiger partial charge on any atom is 0.335 e. The van der Waals surface area contributed by atoms with E-state index >= 15 is 0 Å². The molecule has 0 bridgehead atoms. The zero-order valence-electron chi connectivity index (χ0n) is 14.6. The molecule has 3 rings (SSSR count). The molecule has 136 valence electrons. The first-order valence-corrected chi connectivity index (χ1v) is 8.88. The van der Waals surface area contributed by atoms with Crippen LogP contribution in [0, 0.1) is 5.92 Å². The summed E-state index contributed by atoms with van der Waals surface area (Å²) in [5.74, 6) is -0.763. The molecule has 1 heterocycles. The maximum atomic E-state index is 13.1. The predicted octanol–water partition coefficient (Wildman–Crippen LogP) is 3.45.